The van der Waals surface area contributed by atoms with Crippen molar-refractivity contribution in [1.29, 1.82) is 0 Å². The molecule has 9 heteroatoms. The summed E-state index contributed by atoms with van der Waals surface area (Å²) in [6.45, 7) is 0. The van der Waals surface area contributed by atoms with Crippen molar-refractivity contribution in [2.45, 2.75) is 17.7 Å². The second-order valence-electron chi connectivity index (χ2n) is 7.47. The molecular formula is C25H22N2O5S2. The van der Waals surface area contributed by atoms with E-state index in [2.05, 4.69) is 14.8 Å². The molecule has 0 saturated carbocycles. The number of nitrogens with one attached hydrogen (secondary N) is 2. The van der Waals surface area contributed by atoms with Crippen molar-refractivity contribution < 1.29 is 22.7 Å². The summed E-state index contributed by atoms with van der Waals surface area (Å²) in [5, 5.41) is 4.55. The number of aryl methyl sites for hydroxylation is 1. The SMILES string of the molecule is COC(=O)CCc1ccc(S(=O)(=O)Nc2ccccc2C(=O)Nc2cc3ccccc3s2)cc1. The third-order valence-electron chi connectivity index (χ3n) is 5.16. The monoisotopic (exact) mass is 494 g/mol. The minimum atomic E-state index is -3.93. The van der Waals surface area contributed by atoms with Crippen LogP contribution in [0.4, 0.5) is 10.7 Å². The van der Waals surface area contributed by atoms with Crippen LogP contribution in [0.5, 0.6) is 0 Å². The summed E-state index contributed by atoms with van der Waals surface area (Å²) in [5.74, 6) is -0.744. The van der Waals surface area contributed by atoms with Gasteiger partial charge >= 0.3 is 5.97 Å². The van der Waals surface area contributed by atoms with Crippen molar-refractivity contribution in [3.05, 3.63) is 90.0 Å². The van der Waals surface area contributed by atoms with E-state index in [-0.39, 0.29) is 28.5 Å². The fourth-order valence-corrected chi connectivity index (χ4v) is 5.42. The van der Waals surface area contributed by atoms with Gasteiger partial charge in [-0.2, -0.15) is 0 Å². The number of carbonyl (C=O) groups excluding carboxylic acids is 2. The van der Waals surface area contributed by atoms with E-state index in [0.29, 0.717) is 11.4 Å². The Kier molecular flexibility index (Phi) is 6.95. The number of thiophene rings is 1. The van der Waals surface area contributed by atoms with Gasteiger partial charge in [0.1, 0.15) is 0 Å². The number of ether oxygens (including phenoxy) is 1. The van der Waals surface area contributed by atoms with Crippen LogP contribution in [0.15, 0.2) is 83.8 Å². The first-order chi connectivity index (χ1) is 16.4. The van der Waals surface area contributed by atoms with Crippen molar-refractivity contribution >= 4 is 54.0 Å². The highest BCUT2D eigenvalue weighted by molar-refractivity contribution is 7.92. The van der Waals surface area contributed by atoms with Gasteiger partial charge in [0, 0.05) is 11.1 Å². The van der Waals surface area contributed by atoms with Gasteiger partial charge in [0.25, 0.3) is 15.9 Å². The fourth-order valence-electron chi connectivity index (χ4n) is 3.38. The Morgan fingerprint density at radius 1 is 0.941 bits per heavy atom. The normalized spacial score (nSPS) is 11.2. The number of hydrogen-bond acceptors (Lipinski definition) is 6. The van der Waals surface area contributed by atoms with E-state index in [9.17, 15) is 18.0 Å². The molecule has 0 bridgehead atoms. The zero-order chi connectivity index (χ0) is 24.1. The van der Waals surface area contributed by atoms with Gasteiger partial charge in [-0.1, -0.05) is 42.5 Å². The smallest absolute Gasteiger partial charge is 0.305 e. The van der Waals surface area contributed by atoms with Crippen LogP contribution in [-0.4, -0.2) is 27.4 Å². The first-order valence-corrected chi connectivity index (χ1v) is 12.7. The summed E-state index contributed by atoms with van der Waals surface area (Å²) in [4.78, 5) is 24.3. The standard InChI is InChI=1S/C25H22N2O5S2/c1-32-24(28)15-12-17-10-13-19(14-11-17)34(30,31)27-21-8-4-3-7-20(21)25(29)26-23-16-18-6-2-5-9-22(18)33-23/h2-11,13-14,16,27H,12,15H2,1H3,(H,26,29). The van der Waals surface area contributed by atoms with Crippen LogP contribution < -0.4 is 10.0 Å². The number of amides is 1. The summed E-state index contributed by atoms with van der Waals surface area (Å²) in [7, 11) is -2.61. The molecule has 4 aromatic rings. The van der Waals surface area contributed by atoms with Crippen LogP contribution in [0.3, 0.4) is 0 Å². The van der Waals surface area contributed by atoms with E-state index >= 15 is 0 Å². The van der Waals surface area contributed by atoms with E-state index in [1.165, 1.54) is 30.6 Å². The second-order valence-corrected chi connectivity index (χ2v) is 10.2. The van der Waals surface area contributed by atoms with Crippen LogP contribution in [0.1, 0.15) is 22.3 Å². The summed E-state index contributed by atoms with van der Waals surface area (Å²) in [5.41, 5.74) is 1.20. The maximum Gasteiger partial charge on any atom is 0.305 e. The average Bonchev–Trinajstić information content (AvgIpc) is 3.25. The molecule has 1 amide bonds. The highest BCUT2D eigenvalue weighted by atomic mass is 32.2. The zero-order valence-electron chi connectivity index (χ0n) is 18.3. The number of benzene rings is 3. The highest BCUT2D eigenvalue weighted by Crippen LogP contribution is 2.30. The van der Waals surface area contributed by atoms with E-state index in [4.69, 9.17) is 0 Å². The van der Waals surface area contributed by atoms with Crippen LogP contribution in [0, 0.1) is 0 Å². The van der Waals surface area contributed by atoms with Crippen LogP contribution in [0.25, 0.3) is 10.1 Å². The number of rotatable bonds is 8. The molecule has 3 aromatic carbocycles. The van der Waals surface area contributed by atoms with Gasteiger partial charge in [-0.05, 0) is 53.8 Å². The van der Waals surface area contributed by atoms with E-state index in [1.54, 1.807) is 36.4 Å². The van der Waals surface area contributed by atoms with E-state index in [1.807, 2.05) is 30.3 Å². The van der Waals surface area contributed by atoms with Gasteiger partial charge in [0.05, 0.1) is 28.3 Å². The molecule has 7 nitrogen and oxygen atoms in total. The van der Waals surface area contributed by atoms with Gasteiger partial charge in [-0.3, -0.25) is 14.3 Å². The molecule has 0 unspecified atom stereocenters. The molecule has 174 valence electrons. The van der Waals surface area contributed by atoms with Crippen LogP contribution in [-0.2, 0) is 26.0 Å². The maximum absolute atomic E-state index is 13.0. The van der Waals surface area contributed by atoms with Crippen molar-refractivity contribution in [3.63, 3.8) is 0 Å². The number of esters is 1. The molecule has 1 heterocycles. The molecule has 0 atom stereocenters. The Morgan fingerprint density at radius 2 is 1.65 bits per heavy atom. The number of para-hydroxylation sites is 1. The van der Waals surface area contributed by atoms with Crippen molar-refractivity contribution in [2.24, 2.45) is 0 Å². The lowest BCUT2D eigenvalue weighted by atomic mass is 10.1. The molecular weight excluding hydrogens is 472 g/mol. The Hall–Kier alpha value is -3.69. The third kappa shape index (κ3) is 5.44. The van der Waals surface area contributed by atoms with Crippen molar-refractivity contribution in [2.75, 3.05) is 17.1 Å². The summed E-state index contributed by atoms with van der Waals surface area (Å²) >= 11 is 1.45. The molecule has 34 heavy (non-hydrogen) atoms. The van der Waals surface area contributed by atoms with Gasteiger partial charge in [0.15, 0.2) is 0 Å². The molecule has 0 fully saturated rings. The highest BCUT2D eigenvalue weighted by Gasteiger charge is 2.19. The first-order valence-electron chi connectivity index (χ1n) is 10.4. The Balaban J connectivity index is 1.50. The average molecular weight is 495 g/mol. The van der Waals surface area contributed by atoms with Gasteiger partial charge in [-0.15, -0.1) is 11.3 Å². The Labute approximate surface area is 201 Å². The number of anilines is 2. The minimum absolute atomic E-state index is 0.0500. The Morgan fingerprint density at radius 3 is 2.38 bits per heavy atom. The summed E-state index contributed by atoms with van der Waals surface area (Å²) in [6.07, 6.45) is 0.657. The zero-order valence-corrected chi connectivity index (χ0v) is 19.9. The minimum Gasteiger partial charge on any atom is -0.469 e. The predicted octanol–water partition coefficient (Wildman–Crippen LogP) is 5.06. The third-order valence-corrected chi connectivity index (χ3v) is 7.57. The summed E-state index contributed by atoms with van der Waals surface area (Å²) < 4.78 is 34.1. The Bertz CT molecular complexity index is 1410. The van der Waals surface area contributed by atoms with Gasteiger partial charge in [0.2, 0.25) is 0 Å². The van der Waals surface area contributed by atoms with Crippen molar-refractivity contribution in [1.82, 2.24) is 0 Å². The van der Waals surface area contributed by atoms with Gasteiger partial charge in [-0.25, -0.2) is 8.42 Å². The number of sulfonamides is 1. The van der Waals surface area contributed by atoms with Crippen LogP contribution >= 0.6 is 11.3 Å². The molecule has 0 aliphatic carbocycles. The lowest BCUT2D eigenvalue weighted by molar-refractivity contribution is -0.140. The molecule has 4 rings (SSSR count). The van der Waals surface area contributed by atoms with Crippen molar-refractivity contribution in [3.8, 4) is 0 Å². The quantitative estimate of drug-likeness (QED) is 0.334. The summed E-state index contributed by atoms with van der Waals surface area (Å²) in [6, 6.07) is 22.3. The topological polar surface area (TPSA) is 102 Å². The van der Waals surface area contributed by atoms with E-state index in [0.717, 1.165) is 15.6 Å². The molecule has 0 saturated heterocycles. The van der Waals surface area contributed by atoms with Crippen LogP contribution in [0.2, 0.25) is 0 Å². The molecule has 0 aliphatic rings. The molecule has 0 spiro atoms. The maximum atomic E-state index is 13.0. The number of hydrogen-bond donors (Lipinski definition) is 2. The number of fused-ring (bicyclic) bond motifs is 1. The largest absolute Gasteiger partial charge is 0.469 e. The predicted molar refractivity (Wildman–Crippen MR) is 134 cm³/mol. The molecule has 0 aliphatic heterocycles. The second kappa shape index (κ2) is 10.1. The van der Waals surface area contributed by atoms with E-state index < -0.39 is 15.9 Å². The number of methoxy groups -OCH3 is 1. The lowest BCUT2D eigenvalue weighted by Crippen LogP contribution is -2.18. The lowest BCUT2D eigenvalue weighted by Gasteiger charge is -2.13. The molecule has 2 N–H and O–H groups in total. The number of carbonyl (C=O) groups is 2. The fraction of sp³-hybridized carbons (Fsp3) is 0.120. The molecule has 0 radical (unpaired) electrons. The molecule has 1 aromatic heterocycles. The first kappa shape index (κ1) is 23.5. The van der Waals surface area contributed by atoms with Gasteiger partial charge < -0.3 is 10.1 Å².